The van der Waals surface area contributed by atoms with Crippen LogP contribution in [0.4, 0.5) is 0 Å². The lowest BCUT2D eigenvalue weighted by molar-refractivity contribution is 0.104. The van der Waals surface area contributed by atoms with Gasteiger partial charge in [0.25, 0.3) is 0 Å². The van der Waals surface area contributed by atoms with Crippen molar-refractivity contribution >= 4 is 27.5 Å². The molecular formula is C10H11BrClNO. The SMILES string of the molecule is NC1CCOC1c1ccc(Cl)cc1Br. The van der Waals surface area contributed by atoms with Crippen LogP contribution in [0.5, 0.6) is 0 Å². The van der Waals surface area contributed by atoms with Crippen molar-refractivity contribution in [2.45, 2.75) is 18.6 Å². The predicted octanol–water partition coefficient (Wildman–Crippen LogP) is 2.89. The van der Waals surface area contributed by atoms with E-state index < -0.39 is 0 Å². The van der Waals surface area contributed by atoms with E-state index in [2.05, 4.69) is 15.9 Å². The zero-order valence-electron chi connectivity index (χ0n) is 7.54. The van der Waals surface area contributed by atoms with Crippen molar-refractivity contribution in [1.82, 2.24) is 0 Å². The van der Waals surface area contributed by atoms with Crippen LogP contribution in [0, 0.1) is 0 Å². The molecule has 2 rings (SSSR count). The van der Waals surface area contributed by atoms with Gasteiger partial charge in [-0.1, -0.05) is 33.6 Å². The van der Waals surface area contributed by atoms with Crippen LogP contribution < -0.4 is 5.73 Å². The van der Waals surface area contributed by atoms with E-state index in [9.17, 15) is 0 Å². The fraction of sp³-hybridized carbons (Fsp3) is 0.400. The Kier molecular flexibility index (Phi) is 3.12. The molecule has 2 unspecified atom stereocenters. The van der Waals surface area contributed by atoms with Crippen LogP contribution in [0.2, 0.25) is 5.02 Å². The second-order valence-electron chi connectivity index (χ2n) is 3.41. The zero-order valence-corrected chi connectivity index (χ0v) is 9.88. The number of hydrogen-bond donors (Lipinski definition) is 1. The summed E-state index contributed by atoms with van der Waals surface area (Å²) in [7, 11) is 0. The highest BCUT2D eigenvalue weighted by atomic mass is 79.9. The van der Waals surface area contributed by atoms with Crippen LogP contribution in [-0.4, -0.2) is 12.6 Å². The number of nitrogens with two attached hydrogens (primary N) is 1. The quantitative estimate of drug-likeness (QED) is 0.856. The minimum atomic E-state index is 0.00152. The molecule has 0 radical (unpaired) electrons. The van der Waals surface area contributed by atoms with Crippen molar-refractivity contribution in [3.63, 3.8) is 0 Å². The van der Waals surface area contributed by atoms with Gasteiger partial charge in [0.1, 0.15) is 0 Å². The Morgan fingerprint density at radius 2 is 2.29 bits per heavy atom. The number of hydrogen-bond acceptors (Lipinski definition) is 2. The Morgan fingerprint density at radius 1 is 1.50 bits per heavy atom. The molecule has 2 atom stereocenters. The molecule has 4 heteroatoms. The Balaban J connectivity index is 2.31. The monoisotopic (exact) mass is 275 g/mol. The third kappa shape index (κ3) is 1.96. The third-order valence-corrected chi connectivity index (χ3v) is 3.33. The maximum Gasteiger partial charge on any atom is 0.0987 e. The summed E-state index contributed by atoms with van der Waals surface area (Å²) >= 11 is 9.32. The molecule has 1 aromatic rings. The Morgan fingerprint density at radius 3 is 2.86 bits per heavy atom. The van der Waals surface area contributed by atoms with Crippen LogP contribution in [0.1, 0.15) is 18.1 Å². The first-order valence-corrected chi connectivity index (χ1v) is 5.67. The van der Waals surface area contributed by atoms with Gasteiger partial charge in [0, 0.05) is 22.1 Å². The van der Waals surface area contributed by atoms with Crippen molar-refractivity contribution in [3.8, 4) is 0 Å². The summed E-state index contributed by atoms with van der Waals surface area (Å²) in [5.41, 5.74) is 7.02. The van der Waals surface area contributed by atoms with Gasteiger partial charge in [-0.3, -0.25) is 0 Å². The molecule has 1 aromatic carbocycles. The third-order valence-electron chi connectivity index (χ3n) is 2.41. The predicted molar refractivity (Wildman–Crippen MR) is 60.4 cm³/mol. The lowest BCUT2D eigenvalue weighted by Crippen LogP contribution is -2.23. The number of rotatable bonds is 1. The van der Waals surface area contributed by atoms with Gasteiger partial charge in [-0.15, -0.1) is 0 Å². The molecule has 0 aliphatic carbocycles. The molecule has 0 amide bonds. The van der Waals surface area contributed by atoms with Crippen molar-refractivity contribution in [2.24, 2.45) is 5.73 Å². The molecule has 1 aliphatic heterocycles. The van der Waals surface area contributed by atoms with Gasteiger partial charge >= 0.3 is 0 Å². The van der Waals surface area contributed by atoms with E-state index in [4.69, 9.17) is 22.1 Å². The minimum absolute atomic E-state index is 0.00152. The van der Waals surface area contributed by atoms with Crippen LogP contribution in [0.15, 0.2) is 22.7 Å². The molecule has 1 aliphatic rings. The average molecular weight is 277 g/mol. The molecule has 0 bridgehead atoms. The van der Waals surface area contributed by atoms with Crippen LogP contribution in [-0.2, 0) is 4.74 Å². The normalized spacial score (nSPS) is 26.8. The molecule has 2 nitrogen and oxygen atoms in total. The van der Waals surface area contributed by atoms with Gasteiger partial charge in [0.2, 0.25) is 0 Å². The molecule has 0 saturated carbocycles. The summed E-state index contributed by atoms with van der Waals surface area (Å²) in [6, 6.07) is 5.77. The molecule has 1 fully saturated rings. The largest absolute Gasteiger partial charge is 0.372 e. The van der Waals surface area contributed by atoms with Gasteiger partial charge < -0.3 is 10.5 Å². The molecule has 76 valence electrons. The van der Waals surface area contributed by atoms with Gasteiger partial charge in [-0.05, 0) is 24.1 Å². The second kappa shape index (κ2) is 4.19. The van der Waals surface area contributed by atoms with Gasteiger partial charge in [-0.25, -0.2) is 0 Å². The first-order valence-electron chi connectivity index (χ1n) is 4.50. The number of ether oxygens (including phenoxy) is 1. The smallest absolute Gasteiger partial charge is 0.0987 e. The summed E-state index contributed by atoms with van der Waals surface area (Å²) in [5.74, 6) is 0. The number of benzene rings is 1. The van der Waals surface area contributed by atoms with Crippen molar-refractivity contribution < 1.29 is 4.74 Å². The summed E-state index contributed by atoms with van der Waals surface area (Å²) in [6.45, 7) is 0.737. The summed E-state index contributed by atoms with van der Waals surface area (Å²) in [6.07, 6.45) is 0.918. The Bertz CT molecular complexity index is 345. The van der Waals surface area contributed by atoms with Gasteiger partial charge in [-0.2, -0.15) is 0 Å². The molecule has 1 heterocycles. The van der Waals surface area contributed by atoms with E-state index in [1.165, 1.54) is 0 Å². The molecule has 1 saturated heterocycles. The van der Waals surface area contributed by atoms with E-state index in [-0.39, 0.29) is 12.1 Å². The zero-order chi connectivity index (χ0) is 10.1. The van der Waals surface area contributed by atoms with Crippen LogP contribution in [0.25, 0.3) is 0 Å². The maximum atomic E-state index is 5.94. The van der Waals surface area contributed by atoms with Crippen molar-refractivity contribution in [3.05, 3.63) is 33.3 Å². The first kappa shape index (κ1) is 10.4. The highest BCUT2D eigenvalue weighted by Crippen LogP contribution is 2.34. The van der Waals surface area contributed by atoms with Gasteiger partial charge in [0.15, 0.2) is 0 Å². The lowest BCUT2D eigenvalue weighted by atomic mass is 10.0. The van der Waals surface area contributed by atoms with E-state index >= 15 is 0 Å². The molecule has 0 aromatic heterocycles. The second-order valence-corrected chi connectivity index (χ2v) is 4.70. The van der Waals surface area contributed by atoms with Crippen molar-refractivity contribution in [2.75, 3.05) is 6.61 Å². The Labute approximate surface area is 96.5 Å². The molecule has 14 heavy (non-hydrogen) atoms. The lowest BCUT2D eigenvalue weighted by Gasteiger charge is -2.16. The summed E-state index contributed by atoms with van der Waals surface area (Å²) < 4.78 is 6.54. The van der Waals surface area contributed by atoms with Crippen LogP contribution in [0.3, 0.4) is 0 Å². The molecular weight excluding hydrogens is 265 g/mol. The summed E-state index contributed by atoms with van der Waals surface area (Å²) in [4.78, 5) is 0. The van der Waals surface area contributed by atoms with Crippen molar-refractivity contribution in [1.29, 1.82) is 0 Å². The fourth-order valence-electron chi connectivity index (χ4n) is 1.66. The highest BCUT2D eigenvalue weighted by Gasteiger charge is 2.27. The van der Waals surface area contributed by atoms with E-state index in [1.807, 2.05) is 18.2 Å². The highest BCUT2D eigenvalue weighted by molar-refractivity contribution is 9.10. The molecule has 2 N–H and O–H groups in total. The first-order chi connectivity index (χ1) is 6.68. The maximum absolute atomic E-state index is 5.94. The molecule has 0 spiro atoms. The van der Waals surface area contributed by atoms with E-state index in [1.54, 1.807) is 0 Å². The topological polar surface area (TPSA) is 35.2 Å². The standard InChI is InChI=1S/C10H11BrClNO/c11-8-5-6(12)1-2-7(8)10-9(13)3-4-14-10/h1-2,5,9-10H,3-4,13H2. The average Bonchev–Trinajstić information content (AvgIpc) is 2.52. The number of halogens is 2. The fourth-order valence-corrected chi connectivity index (χ4v) is 2.57. The van der Waals surface area contributed by atoms with E-state index in [0.717, 1.165) is 23.1 Å². The summed E-state index contributed by atoms with van der Waals surface area (Å²) in [5, 5.41) is 0.715. The van der Waals surface area contributed by atoms with Crippen LogP contribution >= 0.6 is 27.5 Å². The van der Waals surface area contributed by atoms with Gasteiger partial charge in [0.05, 0.1) is 6.10 Å². The van der Waals surface area contributed by atoms with E-state index in [0.29, 0.717) is 5.02 Å². The minimum Gasteiger partial charge on any atom is -0.372 e. The Hall–Kier alpha value is -0.0900.